The van der Waals surface area contributed by atoms with Crippen molar-refractivity contribution in [3.8, 4) is 22.3 Å². The summed E-state index contributed by atoms with van der Waals surface area (Å²) in [4.78, 5) is 2.39. The van der Waals surface area contributed by atoms with E-state index in [9.17, 15) is 0 Å². The molecular weight excluding hydrogens is 951 g/mol. The zero-order valence-corrected chi connectivity index (χ0v) is 44.0. The van der Waals surface area contributed by atoms with Crippen molar-refractivity contribution in [3.05, 3.63) is 322 Å². The summed E-state index contributed by atoms with van der Waals surface area (Å²) in [6.45, 7) is 0. The standard InChI is InChI=1S/C72H53NOSi2/c1-7-22-60(23-8-1)75(61-24-9-2-10-25-61,62-26-11-3-12-27-62)66-50-42-55(43-51-66)54-38-44-57(45-39-54)73(58-46-40-56(41-47-58)68-35-21-36-70-69-34-19-20-37-71(69)74-72(68)70)59-48-52-67(53-49-59)76(63-28-13-4-14-29-63,64-30-15-5-16-31-64)65-32-17-6-18-33-65/h1-53H. The van der Waals surface area contributed by atoms with Gasteiger partial charge in [-0.3, -0.25) is 0 Å². The fourth-order valence-electron chi connectivity index (χ4n) is 11.9. The molecule has 1 heterocycles. The van der Waals surface area contributed by atoms with E-state index >= 15 is 0 Å². The normalized spacial score (nSPS) is 11.7. The summed E-state index contributed by atoms with van der Waals surface area (Å²) in [5.41, 5.74) is 9.53. The van der Waals surface area contributed by atoms with Crippen LogP contribution in [0.2, 0.25) is 0 Å². The van der Waals surface area contributed by atoms with Crippen LogP contribution < -0.4 is 46.4 Å². The topological polar surface area (TPSA) is 16.4 Å². The molecule has 4 heteroatoms. The zero-order valence-electron chi connectivity index (χ0n) is 42.0. The van der Waals surface area contributed by atoms with Gasteiger partial charge >= 0.3 is 0 Å². The molecule has 0 saturated heterocycles. The smallest absolute Gasteiger partial charge is 0.179 e. The molecule has 13 rings (SSSR count). The molecule has 0 bridgehead atoms. The van der Waals surface area contributed by atoms with E-state index in [0.717, 1.165) is 55.7 Å². The van der Waals surface area contributed by atoms with Gasteiger partial charge in [-0.25, -0.2) is 0 Å². The lowest BCUT2D eigenvalue weighted by molar-refractivity contribution is 0.670. The highest BCUT2D eigenvalue weighted by Gasteiger charge is 2.42. The molecule has 0 saturated carbocycles. The summed E-state index contributed by atoms with van der Waals surface area (Å²) in [5, 5.41) is 13.1. The molecule has 0 atom stereocenters. The van der Waals surface area contributed by atoms with Crippen molar-refractivity contribution >= 4 is 96.6 Å². The second kappa shape index (κ2) is 20.2. The van der Waals surface area contributed by atoms with Crippen LogP contribution >= 0.6 is 0 Å². The molecule has 360 valence electrons. The fraction of sp³-hybridized carbons (Fsp3) is 0. The minimum atomic E-state index is -2.74. The van der Waals surface area contributed by atoms with Gasteiger partial charge in [0.1, 0.15) is 11.2 Å². The van der Waals surface area contributed by atoms with Crippen LogP contribution in [-0.2, 0) is 0 Å². The van der Waals surface area contributed by atoms with Crippen LogP contribution in [0.15, 0.2) is 326 Å². The third-order valence-electron chi connectivity index (χ3n) is 15.4. The van der Waals surface area contributed by atoms with Gasteiger partial charge < -0.3 is 9.32 Å². The minimum Gasteiger partial charge on any atom is -0.455 e. The average Bonchev–Trinajstić information content (AvgIpc) is 3.90. The highest BCUT2D eigenvalue weighted by atomic mass is 28.3. The molecule has 12 aromatic carbocycles. The number of nitrogens with zero attached hydrogens (tertiary/aromatic N) is 1. The predicted octanol–water partition coefficient (Wildman–Crippen LogP) is 13.1. The van der Waals surface area contributed by atoms with Gasteiger partial charge in [0.05, 0.1) is 0 Å². The van der Waals surface area contributed by atoms with E-state index in [1.807, 2.05) is 12.1 Å². The first-order chi connectivity index (χ1) is 37.7. The van der Waals surface area contributed by atoms with Crippen molar-refractivity contribution in [2.75, 3.05) is 4.90 Å². The molecule has 1 aromatic heterocycles. The van der Waals surface area contributed by atoms with Crippen LogP contribution in [0.1, 0.15) is 0 Å². The van der Waals surface area contributed by atoms with Gasteiger partial charge in [0, 0.05) is 33.4 Å². The van der Waals surface area contributed by atoms with Gasteiger partial charge in [0.2, 0.25) is 0 Å². The van der Waals surface area contributed by atoms with Crippen LogP contribution in [0.25, 0.3) is 44.2 Å². The van der Waals surface area contributed by atoms with Crippen molar-refractivity contribution in [1.82, 2.24) is 0 Å². The molecule has 0 unspecified atom stereocenters. The van der Waals surface area contributed by atoms with Crippen molar-refractivity contribution < 1.29 is 4.42 Å². The number of rotatable bonds is 13. The monoisotopic (exact) mass is 1000 g/mol. The number of hydrogen-bond donors (Lipinski definition) is 0. The minimum absolute atomic E-state index is 0.899. The number of anilines is 3. The lowest BCUT2D eigenvalue weighted by Gasteiger charge is -2.35. The summed E-state index contributed by atoms with van der Waals surface area (Å²) < 4.78 is 6.51. The molecule has 0 aliphatic carbocycles. The summed E-state index contributed by atoms with van der Waals surface area (Å²) >= 11 is 0. The third-order valence-corrected chi connectivity index (χ3v) is 25.0. The van der Waals surface area contributed by atoms with Crippen LogP contribution in [0.3, 0.4) is 0 Å². The maximum Gasteiger partial charge on any atom is 0.179 e. The molecule has 0 fully saturated rings. The maximum absolute atomic E-state index is 6.51. The Hall–Kier alpha value is -9.33. The SMILES string of the molecule is c1ccc([Si](c2ccccc2)(c2ccccc2)c2ccc(-c3ccc(N(c4ccc(-c5cccc6c5oc5ccccc56)cc4)c4ccc([Si](c5ccccc5)(c5ccccc5)c5ccccc5)cc4)cc3)cc2)cc1. The molecule has 0 N–H and O–H groups in total. The zero-order chi connectivity index (χ0) is 50.7. The summed E-state index contributed by atoms with van der Waals surface area (Å²) in [5.74, 6) is 0. The Morgan fingerprint density at radius 1 is 0.224 bits per heavy atom. The predicted molar refractivity (Wildman–Crippen MR) is 327 cm³/mol. The molecule has 13 aromatic rings. The molecule has 0 radical (unpaired) electrons. The number of para-hydroxylation sites is 2. The third kappa shape index (κ3) is 8.12. The van der Waals surface area contributed by atoms with Crippen molar-refractivity contribution in [1.29, 1.82) is 0 Å². The van der Waals surface area contributed by atoms with Gasteiger partial charge in [-0.1, -0.05) is 279 Å². The van der Waals surface area contributed by atoms with E-state index in [1.165, 1.54) is 47.1 Å². The van der Waals surface area contributed by atoms with Crippen molar-refractivity contribution in [3.63, 3.8) is 0 Å². The van der Waals surface area contributed by atoms with Gasteiger partial charge in [-0.15, -0.1) is 0 Å². The lowest BCUT2D eigenvalue weighted by atomic mass is 10.0. The summed E-state index contributed by atoms with van der Waals surface area (Å²) in [6, 6.07) is 118. The first-order valence-electron chi connectivity index (χ1n) is 26.2. The molecule has 0 amide bonds. The van der Waals surface area contributed by atoms with E-state index in [2.05, 4.69) is 314 Å². The van der Waals surface area contributed by atoms with Gasteiger partial charge in [0.25, 0.3) is 0 Å². The number of benzene rings is 12. The second-order valence-corrected chi connectivity index (χ2v) is 27.1. The Morgan fingerprint density at radius 2 is 0.513 bits per heavy atom. The number of furan rings is 1. The highest BCUT2D eigenvalue weighted by Crippen LogP contribution is 2.39. The number of fused-ring (bicyclic) bond motifs is 3. The fourth-order valence-corrected chi connectivity index (χ4v) is 21.4. The van der Waals surface area contributed by atoms with Crippen LogP contribution in [0.5, 0.6) is 0 Å². The Kier molecular flexibility index (Phi) is 12.3. The van der Waals surface area contributed by atoms with E-state index in [1.54, 1.807) is 0 Å². The van der Waals surface area contributed by atoms with E-state index < -0.39 is 16.1 Å². The Bertz CT molecular complexity index is 3850. The van der Waals surface area contributed by atoms with E-state index in [4.69, 9.17) is 4.42 Å². The Morgan fingerprint density at radius 3 is 0.908 bits per heavy atom. The van der Waals surface area contributed by atoms with Gasteiger partial charge in [0.15, 0.2) is 16.1 Å². The van der Waals surface area contributed by atoms with Crippen LogP contribution in [0.4, 0.5) is 17.1 Å². The molecule has 0 aliphatic heterocycles. The van der Waals surface area contributed by atoms with Crippen LogP contribution in [-0.4, -0.2) is 16.1 Å². The Labute approximate surface area is 447 Å². The first-order valence-corrected chi connectivity index (χ1v) is 30.2. The molecule has 0 spiro atoms. The van der Waals surface area contributed by atoms with Crippen molar-refractivity contribution in [2.24, 2.45) is 0 Å². The van der Waals surface area contributed by atoms with Crippen molar-refractivity contribution in [2.45, 2.75) is 0 Å². The lowest BCUT2D eigenvalue weighted by Crippen LogP contribution is -2.74. The molecule has 2 nitrogen and oxygen atoms in total. The number of hydrogen-bond acceptors (Lipinski definition) is 2. The molecule has 76 heavy (non-hydrogen) atoms. The van der Waals surface area contributed by atoms with Gasteiger partial charge in [-0.2, -0.15) is 0 Å². The average molecular weight is 1000 g/mol. The van der Waals surface area contributed by atoms with Gasteiger partial charge in [-0.05, 0) is 101 Å². The maximum atomic E-state index is 6.51. The largest absolute Gasteiger partial charge is 0.455 e. The molecule has 0 aliphatic rings. The van der Waals surface area contributed by atoms with E-state index in [-0.39, 0.29) is 0 Å². The first kappa shape index (κ1) is 46.5. The summed E-state index contributed by atoms with van der Waals surface area (Å²) in [6.07, 6.45) is 0. The second-order valence-electron chi connectivity index (χ2n) is 19.5. The molecular formula is C72H53NOSi2. The quantitative estimate of drug-likeness (QED) is 0.0845. The van der Waals surface area contributed by atoms with Crippen LogP contribution in [0, 0.1) is 0 Å². The Balaban J connectivity index is 0.913. The highest BCUT2D eigenvalue weighted by molar-refractivity contribution is 7.20. The van der Waals surface area contributed by atoms with E-state index in [0.29, 0.717) is 0 Å². The summed E-state index contributed by atoms with van der Waals surface area (Å²) in [7, 11) is -5.39.